The number of hydrogen-bond acceptors (Lipinski definition) is 5. The molecule has 3 rings (SSSR count). The van der Waals surface area contributed by atoms with Crippen molar-refractivity contribution in [3.63, 3.8) is 0 Å². The predicted molar refractivity (Wildman–Crippen MR) is 175 cm³/mol. The summed E-state index contributed by atoms with van der Waals surface area (Å²) in [5.41, 5.74) is -0.784. The van der Waals surface area contributed by atoms with Gasteiger partial charge in [0.25, 0.3) is 0 Å². The molecule has 0 aromatic heterocycles. The zero-order valence-electron chi connectivity index (χ0n) is 28.0. The van der Waals surface area contributed by atoms with Gasteiger partial charge >= 0.3 is 12.1 Å². The summed E-state index contributed by atoms with van der Waals surface area (Å²) in [5, 5.41) is 0. The summed E-state index contributed by atoms with van der Waals surface area (Å²) < 4.78 is 99.6. The Hall–Kier alpha value is -3.86. The summed E-state index contributed by atoms with van der Waals surface area (Å²) in [6, 6.07) is 11.0. The average molecular weight is 695 g/mol. The van der Waals surface area contributed by atoms with Gasteiger partial charge in [-0.3, -0.25) is 4.79 Å². The topological polar surface area (TPSA) is 61.8 Å². The van der Waals surface area contributed by atoms with E-state index in [-0.39, 0.29) is 30.8 Å². The van der Waals surface area contributed by atoms with Gasteiger partial charge in [-0.05, 0) is 61.1 Å². The third-order valence-corrected chi connectivity index (χ3v) is 8.12. The molecule has 0 N–H and O–H groups in total. The quantitative estimate of drug-likeness (QED) is 0.0481. The molecule has 0 fully saturated rings. The first-order chi connectivity index (χ1) is 23.5. The zero-order chi connectivity index (χ0) is 35.8. The summed E-state index contributed by atoms with van der Waals surface area (Å²) >= 11 is 0. The summed E-state index contributed by atoms with van der Waals surface area (Å²) in [6.07, 6.45) is 2.72. The minimum atomic E-state index is -4.92. The maximum atomic E-state index is 14.9. The van der Waals surface area contributed by atoms with E-state index in [2.05, 4.69) is 11.7 Å². The molecule has 0 saturated heterocycles. The van der Waals surface area contributed by atoms with Crippen molar-refractivity contribution in [1.82, 2.24) is 0 Å². The largest absolute Gasteiger partial charge is 0.491 e. The monoisotopic (exact) mass is 694 g/mol. The van der Waals surface area contributed by atoms with Crippen LogP contribution in [0.25, 0.3) is 11.1 Å². The van der Waals surface area contributed by atoms with Gasteiger partial charge in [0.2, 0.25) is 0 Å². The molecule has 49 heavy (non-hydrogen) atoms. The molecule has 1 atom stereocenters. The molecule has 0 aliphatic rings. The van der Waals surface area contributed by atoms with Crippen molar-refractivity contribution >= 4 is 11.8 Å². The summed E-state index contributed by atoms with van der Waals surface area (Å²) in [5.74, 6) is -5.77. The van der Waals surface area contributed by atoms with Crippen LogP contribution in [0.5, 0.6) is 5.75 Å². The van der Waals surface area contributed by atoms with E-state index in [9.17, 15) is 35.9 Å². The van der Waals surface area contributed by atoms with E-state index in [4.69, 9.17) is 9.47 Å². The van der Waals surface area contributed by atoms with Crippen LogP contribution in [0, 0.1) is 17.5 Å². The number of methoxy groups -OCH3 is 1. The van der Waals surface area contributed by atoms with Crippen LogP contribution in [0.15, 0.2) is 54.6 Å². The number of rotatable bonds is 21. The van der Waals surface area contributed by atoms with Crippen LogP contribution in [-0.4, -0.2) is 44.4 Å². The first-order valence-corrected chi connectivity index (χ1v) is 16.8. The molecule has 11 heteroatoms. The third kappa shape index (κ3) is 12.5. The fourth-order valence-corrected chi connectivity index (χ4v) is 5.30. The molecule has 3 aromatic carbocycles. The van der Waals surface area contributed by atoms with Crippen molar-refractivity contribution in [2.24, 2.45) is 0 Å². The Morgan fingerprint density at radius 3 is 1.86 bits per heavy atom. The molecule has 0 bridgehead atoms. The van der Waals surface area contributed by atoms with Crippen LogP contribution in [0.1, 0.15) is 110 Å². The van der Waals surface area contributed by atoms with Gasteiger partial charge in [0.15, 0.2) is 23.5 Å². The Balaban J connectivity index is 1.58. The molecule has 5 nitrogen and oxygen atoms in total. The number of unbranched alkanes of at least 4 members (excludes halogenated alkanes) is 9. The van der Waals surface area contributed by atoms with Crippen molar-refractivity contribution in [2.45, 2.75) is 96.3 Å². The highest BCUT2D eigenvalue weighted by atomic mass is 19.4. The van der Waals surface area contributed by atoms with Crippen LogP contribution >= 0.6 is 0 Å². The highest BCUT2D eigenvalue weighted by Crippen LogP contribution is 2.30. The molecular formula is C38H44F6O5. The standard InChI is InChI=1S/C38H44F6O5/c1-3-4-5-6-7-8-9-10-12-22-48-34-20-19-28(23-33(34)41)26-15-17-27(18-16-26)36(45)29-24-32(40)30(25-31(29)39)37(46)49-35(38(42,43)44)14-11-13-21-47-2/h15-20,23-25,35H,3-14,21-22H2,1-2H3. The zero-order valence-corrected chi connectivity index (χ0v) is 28.0. The molecule has 0 heterocycles. The van der Waals surface area contributed by atoms with Crippen molar-refractivity contribution in [3.05, 3.63) is 88.7 Å². The van der Waals surface area contributed by atoms with Crippen LogP contribution < -0.4 is 4.74 Å². The van der Waals surface area contributed by atoms with E-state index in [0.29, 0.717) is 29.9 Å². The molecule has 0 saturated carbocycles. The predicted octanol–water partition coefficient (Wildman–Crippen LogP) is 10.8. The van der Waals surface area contributed by atoms with Gasteiger partial charge in [0.05, 0.1) is 17.7 Å². The highest BCUT2D eigenvalue weighted by molar-refractivity contribution is 6.09. The Labute approximate surface area is 284 Å². The molecule has 1 unspecified atom stereocenters. The van der Waals surface area contributed by atoms with Crippen molar-refractivity contribution < 1.29 is 50.1 Å². The molecule has 0 aliphatic heterocycles. The van der Waals surface area contributed by atoms with Crippen molar-refractivity contribution in [2.75, 3.05) is 20.3 Å². The molecule has 0 amide bonds. The Kier molecular flexibility index (Phi) is 16.1. The molecule has 3 aromatic rings. The van der Waals surface area contributed by atoms with E-state index in [1.807, 2.05) is 0 Å². The van der Waals surface area contributed by atoms with Crippen LogP contribution in [0.4, 0.5) is 26.3 Å². The number of ether oxygens (including phenoxy) is 3. The number of carbonyl (C=O) groups is 2. The van der Waals surface area contributed by atoms with Gasteiger partial charge < -0.3 is 14.2 Å². The van der Waals surface area contributed by atoms with Crippen molar-refractivity contribution in [3.8, 4) is 16.9 Å². The Morgan fingerprint density at radius 1 is 0.673 bits per heavy atom. The lowest BCUT2D eigenvalue weighted by Crippen LogP contribution is -2.34. The van der Waals surface area contributed by atoms with Crippen LogP contribution in [0.3, 0.4) is 0 Å². The molecule has 0 spiro atoms. The number of alkyl halides is 3. The number of carbonyl (C=O) groups excluding carboxylic acids is 2. The number of halogens is 6. The number of benzene rings is 3. The molecule has 0 aliphatic carbocycles. The fourth-order valence-electron chi connectivity index (χ4n) is 5.30. The van der Waals surface area contributed by atoms with Gasteiger partial charge in [-0.15, -0.1) is 0 Å². The first-order valence-electron chi connectivity index (χ1n) is 16.8. The normalized spacial score (nSPS) is 12.2. The molecular weight excluding hydrogens is 650 g/mol. The third-order valence-electron chi connectivity index (χ3n) is 8.12. The Bertz CT molecular complexity index is 1490. The fraction of sp³-hybridized carbons (Fsp3) is 0.474. The second-order valence-electron chi connectivity index (χ2n) is 12.0. The van der Waals surface area contributed by atoms with Crippen LogP contribution in [-0.2, 0) is 9.47 Å². The van der Waals surface area contributed by atoms with Gasteiger partial charge in [-0.2, -0.15) is 13.2 Å². The van der Waals surface area contributed by atoms with Crippen molar-refractivity contribution in [1.29, 1.82) is 0 Å². The van der Waals surface area contributed by atoms with Gasteiger partial charge in [-0.1, -0.05) is 88.6 Å². The second kappa shape index (κ2) is 20.0. The molecule has 268 valence electrons. The number of esters is 1. The average Bonchev–Trinajstić information content (AvgIpc) is 3.07. The number of ketones is 1. The second-order valence-corrected chi connectivity index (χ2v) is 12.0. The lowest BCUT2D eigenvalue weighted by Gasteiger charge is -2.21. The summed E-state index contributed by atoms with van der Waals surface area (Å²) in [6.45, 7) is 2.81. The SMILES string of the molecule is CCCCCCCCCCCOc1ccc(-c2ccc(C(=O)c3cc(F)c(C(=O)OC(CCCCOC)C(F)(F)F)cc3F)cc2)cc1F. The van der Waals surface area contributed by atoms with Gasteiger partial charge in [-0.25, -0.2) is 18.0 Å². The summed E-state index contributed by atoms with van der Waals surface area (Å²) in [7, 11) is 1.39. The highest BCUT2D eigenvalue weighted by Gasteiger charge is 2.42. The smallest absolute Gasteiger partial charge is 0.425 e. The summed E-state index contributed by atoms with van der Waals surface area (Å²) in [4.78, 5) is 25.4. The Morgan fingerprint density at radius 2 is 1.24 bits per heavy atom. The number of hydrogen-bond donors (Lipinski definition) is 0. The van der Waals surface area contributed by atoms with E-state index in [1.54, 1.807) is 6.07 Å². The van der Waals surface area contributed by atoms with E-state index < -0.39 is 59.0 Å². The maximum absolute atomic E-state index is 14.9. The maximum Gasteiger partial charge on any atom is 0.425 e. The lowest BCUT2D eigenvalue weighted by atomic mass is 9.98. The van der Waals surface area contributed by atoms with E-state index in [1.165, 1.54) is 82.0 Å². The van der Waals surface area contributed by atoms with Gasteiger partial charge in [0.1, 0.15) is 11.6 Å². The van der Waals surface area contributed by atoms with E-state index >= 15 is 0 Å². The minimum Gasteiger partial charge on any atom is -0.491 e. The first kappa shape index (κ1) is 39.6. The molecule has 0 radical (unpaired) electrons. The van der Waals surface area contributed by atoms with Gasteiger partial charge in [0, 0.05) is 19.3 Å². The van der Waals surface area contributed by atoms with Crippen LogP contribution in [0.2, 0.25) is 0 Å². The lowest BCUT2D eigenvalue weighted by molar-refractivity contribution is -0.206. The minimum absolute atomic E-state index is 0.0163. The van der Waals surface area contributed by atoms with E-state index in [0.717, 1.165) is 19.3 Å².